The van der Waals surface area contributed by atoms with Gasteiger partial charge in [0.15, 0.2) is 17.3 Å². The summed E-state index contributed by atoms with van der Waals surface area (Å²) in [5.41, 5.74) is -0.0712. The van der Waals surface area contributed by atoms with Gasteiger partial charge >= 0.3 is 0 Å². The lowest BCUT2D eigenvalue weighted by Gasteiger charge is -2.22. The predicted molar refractivity (Wildman–Crippen MR) is 97.0 cm³/mol. The maximum Gasteiger partial charge on any atom is 0.277 e. The monoisotopic (exact) mass is 400 g/mol. The van der Waals surface area contributed by atoms with Crippen molar-refractivity contribution >= 4 is 35.6 Å². The first-order valence-electron chi connectivity index (χ1n) is 8.14. The Morgan fingerprint density at radius 2 is 1.74 bits per heavy atom. The van der Waals surface area contributed by atoms with E-state index in [2.05, 4.69) is 26.3 Å². The molecule has 2 amide bonds. The van der Waals surface area contributed by atoms with Gasteiger partial charge < -0.3 is 16.0 Å². The first kappa shape index (κ1) is 20.7. The lowest BCUT2D eigenvalue weighted by atomic mass is 10.1. The lowest BCUT2D eigenvalue weighted by Crippen LogP contribution is -2.29. The van der Waals surface area contributed by atoms with Gasteiger partial charge in [0.05, 0.1) is 23.6 Å². The molecule has 11 heteroatoms. The summed E-state index contributed by atoms with van der Waals surface area (Å²) in [5, 5.41) is 15.8. The van der Waals surface area contributed by atoms with Crippen LogP contribution in [-0.2, 0) is 4.79 Å². The number of carbonyl (C=O) groups excluding carboxylic acids is 2. The van der Waals surface area contributed by atoms with Crippen molar-refractivity contribution < 1.29 is 18.4 Å². The number of nitrogens with one attached hydrogen (secondary N) is 3. The van der Waals surface area contributed by atoms with E-state index in [0.717, 1.165) is 38.1 Å². The summed E-state index contributed by atoms with van der Waals surface area (Å²) in [7, 11) is 0. The minimum atomic E-state index is -1.15. The molecule has 0 radical (unpaired) electrons. The second kappa shape index (κ2) is 8.87. The average molecular weight is 401 g/mol. The Morgan fingerprint density at radius 3 is 2.33 bits per heavy atom. The van der Waals surface area contributed by atoms with Gasteiger partial charge in [0.1, 0.15) is 0 Å². The van der Waals surface area contributed by atoms with Crippen LogP contribution in [0.1, 0.15) is 36.3 Å². The Kier molecular flexibility index (Phi) is 6.81. The number of hydrogen-bond acceptors (Lipinski definition) is 5. The number of anilines is 2. The Labute approximate surface area is 160 Å². The van der Waals surface area contributed by atoms with Gasteiger partial charge in [-0.3, -0.25) is 9.59 Å². The van der Waals surface area contributed by atoms with Gasteiger partial charge in [0, 0.05) is 19.1 Å². The molecule has 0 atom stereocenters. The smallest absolute Gasteiger partial charge is 0.277 e. The van der Waals surface area contributed by atoms with Crippen LogP contribution in [0.5, 0.6) is 0 Å². The number of carbonyl (C=O) groups is 2. The fourth-order valence-corrected chi connectivity index (χ4v) is 2.76. The van der Waals surface area contributed by atoms with Gasteiger partial charge in [0.25, 0.3) is 5.91 Å². The minimum Gasteiger partial charge on any atom is -0.324 e. The fraction of sp³-hybridized carbons (Fsp3) is 0.375. The third-order valence-corrected chi connectivity index (χ3v) is 4.05. The topological polar surface area (TPSA) is 101 Å². The van der Waals surface area contributed by atoms with Crippen LogP contribution < -0.4 is 16.0 Å². The molecule has 8 nitrogen and oxygen atoms in total. The highest BCUT2D eigenvalue weighted by molar-refractivity contribution is 6.05. The maximum absolute atomic E-state index is 13.5. The van der Waals surface area contributed by atoms with Crippen LogP contribution in [0, 0.1) is 11.6 Å². The Bertz CT molecular complexity index is 838. The van der Waals surface area contributed by atoms with Crippen LogP contribution in [0.2, 0.25) is 0 Å². The van der Waals surface area contributed by atoms with Crippen molar-refractivity contribution in [2.75, 3.05) is 23.7 Å². The van der Waals surface area contributed by atoms with Crippen LogP contribution in [-0.4, -0.2) is 39.9 Å². The van der Waals surface area contributed by atoms with Gasteiger partial charge in [-0.05, 0) is 25.9 Å². The molecule has 146 valence electrons. The van der Waals surface area contributed by atoms with E-state index in [1.165, 1.54) is 13.1 Å². The molecule has 0 unspecified atom stereocenters. The van der Waals surface area contributed by atoms with Crippen LogP contribution in [0.25, 0.3) is 0 Å². The van der Waals surface area contributed by atoms with Crippen LogP contribution in [0.3, 0.4) is 0 Å². The quantitative estimate of drug-likeness (QED) is 0.729. The third-order valence-electron chi connectivity index (χ3n) is 4.05. The van der Waals surface area contributed by atoms with Gasteiger partial charge in [0.2, 0.25) is 5.91 Å². The van der Waals surface area contributed by atoms with E-state index in [9.17, 15) is 18.4 Å². The Balaban J connectivity index is 0.00000261. The molecule has 0 saturated carbocycles. The number of amides is 2. The van der Waals surface area contributed by atoms with Crippen molar-refractivity contribution in [1.29, 1.82) is 0 Å². The summed E-state index contributed by atoms with van der Waals surface area (Å²) in [5.74, 6) is -3.40. The number of nitrogens with zero attached hydrogens (tertiary/aromatic N) is 3. The molecule has 1 aromatic heterocycles. The van der Waals surface area contributed by atoms with Crippen LogP contribution in [0.4, 0.5) is 20.2 Å². The molecule has 2 aromatic rings. The first-order chi connectivity index (χ1) is 12.4. The highest BCUT2D eigenvalue weighted by atomic mass is 35.5. The molecule has 1 fully saturated rings. The number of benzene rings is 1. The van der Waals surface area contributed by atoms with E-state index < -0.39 is 23.4 Å². The lowest BCUT2D eigenvalue weighted by molar-refractivity contribution is -0.114. The van der Waals surface area contributed by atoms with Gasteiger partial charge in [-0.25, -0.2) is 13.5 Å². The Morgan fingerprint density at radius 1 is 1.15 bits per heavy atom. The number of aromatic nitrogens is 3. The molecule has 0 aliphatic carbocycles. The van der Waals surface area contributed by atoms with E-state index in [4.69, 9.17) is 0 Å². The second-order valence-electron chi connectivity index (χ2n) is 6.01. The molecular formula is C16H19ClF2N6O2. The maximum atomic E-state index is 13.5. The normalized spacial score (nSPS) is 14.3. The van der Waals surface area contributed by atoms with Gasteiger partial charge in [-0.2, -0.15) is 0 Å². The van der Waals surface area contributed by atoms with Gasteiger partial charge in [-0.1, -0.05) is 5.21 Å². The van der Waals surface area contributed by atoms with E-state index in [1.54, 1.807) is 4.68 Å². The highest BCUT2D eigenvalue weighted by Gasteiger charge is 2.20. The molecule has 27 heavy (non-hydrogen) atoms. The molecule has 3 N–H and O–H groups in total. The summed E-state index contributed by atoms with van der Waals surface area (Å²) in [6.07, 6.45) is 3.27. The molecule has 1 saturated heterocycles. The number of halogens is 3. The largest absolute Gasteiger partial charge is 0.324 e. The van der Waals surface area contributed by atoms with Crippen molar-refractivity contribution in [3.05, 3.63) is 35.7 Å². The summed E-state index contributed by atoms with van der Waals surface area (Å²) in [4.78, 5) is 23.6. The zero-order valence-electron chi connectivity index (χ0n) is 14.5. The van der Waals surface area contributed by atoms with Gasteiger partial charge in [-0.15, -0.1) is 17.5 Å². The molecular weight excluding hydrogens is 382 g/mol. The summed E-state index contributed by atoms with van der Waals surface area (Å²) >= 11 is 0. The molecule has 1 aliphatic rings. The van der Waals surface area contributed by atoms with E-state index in [1.807, 2.05) is 0 Å². The average Bonchev–Trinajstić information content (AvgIpc) is 3.10. The number of rotatable bonds is 4. The van der Waals surface area contributed by atoms with Crippen molar-refractivity contribution in [3.63, 3.8) is 0 Å². The molecule has 3 rings (SSSR count). The first-order valence-corrected chi connectivity index (χ1v) is 8.14. The summed E-state index contributed by atoms with van der Waals surface area (Å²) in [6.45, 7) is 2.94. The van der Waals surface area contributed by atoms with E-state index >= 15 is 0 Å². The summed E-state index contributed by atoms with van der Waals surface area (Å²) < 4.78 is 28.6. The summed E-state index contributed by atoms with van der Waals surface area (Å²) in [6, 6.07) is 1.76. The molecule has 0 bridgehead atoms. The zero-order chi connectivity index (χ0) is 18.7. The number of piperidine rings is 1. The van der Waals surface area contributed by atoms with Crippen LogP contribution in [0.15, 0.2) is 18.3 Å². The van der Waals surface area contributed by atoms with Crippen molar-refractivity contribution in [2.45, 2.75) is 25.8 Å². The van der Waals surface area contributed by atoms with E-state index in [-0.39, 0.29) is 35.5 Å². The highest BCUT2D eigenvalue weighted by Crippen LogP contribution is 2.26. The van der Waals surface area contributed by atoms with Crippen molar-refractivity contribution in [2.24, 2.45) is 0 Å². The standard InChI is InChI=1S/C16H18F2N6O2.ClH/c1-9(25)20-13-6-11(17)12(18)7-14(13)21-16(26)15-8-24(23-22-15)10-2-4-19-5-3-10;/h6-8,10,19H,2-5H2,1H3,(H,20,25)(H,21,26);1H. The van der Waals surface area contributed by atoms with Crippen molar-refractivity contribution in [3.8, 4) is 0 Å². The molecule has 1 aliphatic heterocycles. The van der Waals surface area contributed by atoms with Crippen LogP contribution >= 0.6 is 12.4 Å². The third kappa shape index (κ3) is 4.98. The molecule has 1 aromatic carbocycles. The SMILES string of the molecule is CC(=O)Nc1cc(F)c(F)cc1NC(=O)c1cn(C2CCNCC2)nn1.Cl. The predicted octanol–water partition coefficient (Wildman–Crippen LogP) is 2.11. The second-order valence-corrected chi connectivity index (χ2v) is 6.01. The minimum absolute atomic E-state index is 0. The van der Waals surface area contributed by atoms with Crippen molar-refractivity contribution in [1.82, 2.24) is 20.3 Å². The Hall–Kier alpha value is -2.59. The number of hydrogen-bond donors (Lipinski definition) is 3. The fourth-order valence-electron chi connectivity index (χ4n) is 2.76. The molecule has 0 spiro atoms. The van der Waals surface area contributed by atoms with E-state index in [0.29, 0.717) is 0 Å². The zero-order valence-corrected chi connectivity index (χ0v) is 15.3. The molecule has 2 heterocycles.